The van der Waals surface area contributed by atoms with Crippen LogP contribution in [0.2, 0.25) is 0 Å². The predicted molar refractivity (Wildman–Crippen MR) is 101 cm³/mol. The van der Waals surface area contributed by atoms with Crippen LogP contribution in [0.15, 0.2) is 12.2 Å². The molecule has 4 rings (SSSR count). The van der Waals surface area contributed by atoms with Crippen LogP contribution < -0.4 is 0 Å². The summed E-state index contributed by atoms with van der Waals surface area (Å²) in [7, 11) is 0. The van der Waals surface area contributed by atoms with Crippen LogP contribution in [0.4, 0.5) is 0 Å². The molecule has 7 nitrogen and oxygen atoms in total. The lowest BCUT2D eigenvalue weighted by atomic mass is 9.43. The number of ketones is 1. The third-order valence-corrected chi connectivity index (χ3v) is 8.34. The highest BCUT2D eigenvalue weighted by atomic mass is 16.6. The summed E-state index contributed by atoms with van der Waals surface area (Å²) >= 11 is 0. The molecule has 1 aliphatic heterocycles. The van der Waals surface area contributed by atoms with E-state index in [0.717, 1.165) is 0 Å². The number of carbonyl (C=O) groups excluding carboxylic acids is 3. The zero-order valence-corrected chi connectivity index (χ0v) is 17.3. The van der Waals surface area contributed by atoms with Gasteiger partial charge in [0.25, 0.3) is 0 Å². The Balaban J connectivity index is 1.95. The normalized spacial score (nSPS) is 45.3. The van der Waals surface area contributed by atoms with E-state index >= 15 is 0 Å². The van der Waals surface area contributed by atoms with Crippen LogP contribution in [0.3, 0.4) is 0 Å². The summed E-state index contributed by atoms with van der Waals surface area (Å²) in [6.45, 7) is 8.92. The van der Waals surface area contributed by atoms with Gasteiger partial charge in [0, 0.05) is 19.4 Å². The van der Waals surface area contributed by atoms with Gasteiger partial charge in [0.2, 0.25) is 0 Å². The van der Waals surface area contributed by atoms with E-state index in [1.165, 1.54) is 6.92 Å². The molecular formula is C22H30O7. The molecule has 160 valence electrons. The molecule has 0 aromatic rings. The van der Waals surface area contributed by atoms with E-state index in [9.17, 15) is 24.6 Å². The number of allylic oxidation sites excluding steroid dienone is 1. The summed E-state index contributed by atoms with van der Waals surface area (Å²) in [5.41, 5.74) is -2.55. The first kappa shape index (κ1) is 20.5. The molecule has 0 unspecified atom stereocenters. The van der Waals surface area contributed by atoms with Crippen molar-refractivity contribution >= 4 is 17.7 Å². The largest absolute Gasteiger partial charge is 0.465 e. The molecule has 2 N–H and O–H groups in total. The van der Waals surface area contributed by atoms with E-state index in [4.69, 9.17) is 9.47 Å². The molecule has 0 amide bonds. The van der Waals surface area contributed by atoms with Gasteiger partial charge in [-0.3, -0.25) is 14.4 Å². The fourth-order valence-corrected chi connectivity index (χ4v) is 7.09. The Bertz CT molecular complexity index is 786. The van der Waals surface area contributed by atoms with Crippen LogP contribution >= 0.6 is 0 Å². The van der Waals surface area contributed by atoms with Gasteiger partial charge in [-0.2, -0.15) is 0 Å². The Morgan fingerprint density at radius 2 is 2.03 bits per heavy atom. The lowest BCUT2D eigenvalue weighted by Crippen LogP contribution is -2.72. The van der Waals surface area contributed by atoms with Gasteiger partial charge in [-0.05, 0) is 48.5 Å². The van der Waals surface area contributed by atoms with Crippen LogP contribution in [0, 0.1) is 34.0 Å². The van der Waals surface area contributed by atoms with Crippen LogP contribution in [0.5, 0.6) is 0 Å². The van der Waals surface area contributed by atoms with Gasteiger partial charge in [-0.15, -0.1) is 0 Å². The number of ether oxygens (including phenoxy) is 2. The second-order valence-corrected chi connectivity index (χ2v) is 10.1. The van der Waals surface area contributed by atoms with Crippen molar-refractivity contribution in [1.82, 2.24) is 0 Å². The van der Waals surface area contributed by atoms with Crippen molar-refractivity contribution in [2.24, 2.45) is 34.0 Å². The fraction of sp³-hybridized carbons (Fsp3) is 0.773. The van der Waals surface area contributed by atoms with Crippen LogP contribution in [0.1, 0.15) is 46.5 Å². The Hall–Kier alpha value is -1.73. The minimum absolute atomic E-state index is 0.108. The summed E-state index contributed by atoms with van der Waals surface area (Å²) in [6, 6.07) is 0. The van der Waals surface area contributed by atoms with Gasteiger partial charge in [-0.1, -0.05) is 20.4 Å². The molecule has 29 heavy (non-hydrogen) atoms. The van der Waals surface area contributed by atoms with Crippen molar-refractivity contribution in [3.05, 3.63) is 12.2 Å². The SMILES string of the molecule is C=C1C(=O)[C@@]23C[C@@H]1C[C@H](O)[C@@H]2[C@@]1(COC(C)=O)[C@H](CO)C(C)(C)CC[C@H]1OC3=O. The molecule has 1 saturated heterocycles. The monoisotopic (exact) mass is 406 g/mol. The van der Waals surface area contributed by atoms with E-state index in [-0.39, 0.29) is 36.8 Å². The van der Waals surface area contributed by atoms with Crippen molar-refractivity contribution in [2.75, 3.05) is 13.2 Å². The molecule has 3 saturated carbocycles. The standard InChI is InChI=1S/C22H30O7/c1-11-13-7-14(25)17-21(8-13,18(11)26)19(27)29-16-5-6-20(3,4)15(9-23)22(16,17)10-28-12(2)24/h13-17,23,25H,1,5-10H2,2-4H3/t13-,14-,15+,16+,17-,21+,22-/m0/s1. The number of carbonyl (C=O) groups is 3. The van der Waals surface area contributed by atoms with Gasteiger partial charge in [0.15, 0.2) is 5.78 Å². The van der Waals surface area contributed by atoms with E-state index in [2.05, 4.69) is 6.58 Å². The van der Waals surface area contributed by atoms with Crippen LogP contribution in [-0.4, -0.2) is 53.4 Å². The Morgan fingerprint density at radius 3 is 2.66 bits per heavy atom. The maximum atomic E-state index is 13.3. The molecule has 7 atom stereocenters. The number of hydrogen-bond donors (Lipinski definition) is 2. The summed E-state index contributed by atoms with van der Waals surface area (Å²) in [4.78, 5) is 38.3. The van der Waals surface area contributed by atoms with E-state index < -0.39 is 46.8 Å². The lowest BCUT2D eigenvalue weighted by Gasteiger charge is -2.64. The molecule has 4 fully saturated rings. The first-order chi connectivity index (χ1) is 13.5. The molecule has 0 radical (unpaired) electrons. The van der Waals surface area contributed by atoms with Crippen LogP contribution in [0.25, 0.3) is 0 Å². The Morgan fingerprint density at radius 1 is 1.34 bits per heavy atom. The zero-order chi connectivity index (χ0) is 21.4. The number of rotatable bonds is 3. The average molecular weight is 406 g/mol. The van der Waals surface area contributed by atoms with Crippen molar-refractivity contribution < 1.29 is 34.1 Å². The highest BCUT2D eigenvalue weighted by Gasteiger charge is 2.77. The molecule has 0 aromatic carbocycles. The number of aliphatic hydroxyl groups is 2. The van der Waals surface area contributed by atoms with Crippen LogP contribution in [-0.2, 0) is 23.9 Å². The smallest absolute Gasteiger partial charge is 0.320 e. The minimum atomic E-state index is -1.52. The molecule has 4 aliphatic rings. The topological polar surface area (TPSA) is 110 Å². The van der Waals surface area contributed by atoms with Gasteiger partial charge in [0.05, 0.1) is 11.5 Å². The third kappa shape index (κ3) is 2.46. The number of esters is 2. The number of hydrogen-bond acceptors (Lipinski definition) is 7. The zero-order valence-electron chi connectivity index (χ0n) is 17.3. The van der Waals surface area contributed by atoms with Crippen molar-refractivity contribution in [2.45, 2.75) is 58.7 Å². The molecule has 7 heteroatoms. The maximum absolute atomic E-state index is 13.3. The molecule has 1 spiro atoms. The quantitative estimate of drug-likeness (QED) is 0.414. The van der Waals surface area contributed by atoms with E-state index in [1.807, 2.05) is 13.8 Å². The van der Waals surface area contributed by atoms with Crippen molar-refractivity contribution in [3.8, 4) is 0 Å². The van der Waals surface area contributed by atoms with Gasteiger partial charge < -0.3 is 19.7 Å². The van der Waals surface area contributed by atoms with E-state index in [1.54, 1.807) is 0 Å². The third-order valence-electron chi connectivity index (χ3n) is 8.34. The Kier molecular flexibility index (Phi) is 4.52. The first-order valence-electron chi connectivity index (χ1n) is 10.4. The van der Waals surface area contributed by atoms with Gasteiger partial charge in [-0.25, -0.2) is 0 Å². The van der Waals surface area contributed by atoms with Gasteiger partial charge >= 0.3 is 11.9 Å². The molecule has 2 bridgehead atoms. The minimum Gasteiger partial charge on any atom is -0.465 e. The maximum Gasteiger partial charge on any atom is 0.320 e. The first-order valence-corrected chi connectivity index (χ1v) is 10.4. The van der Waals surface area contributed by atoms with E-state index in [0.29, 0.717) is 24.8 Å². The highest BCUT2D eigenvalue weighted by molar-refractivity contribution is 6.15. The second-order valence-electron chi connectivity index (χ2n) is 10.1. The van der Waals surface area contributed by atoms with Crippen molar-refractivity contribution in [3.63, 3.8) is 0 Å². The van der Waals surface area contributed by atoms with Crippen molar-refractivity contribution in [1.29, 1.82) is 0 Å². The molecule has 1 heterocycles. The molecular weight excluding hydrogens is 376 g/mol. The molecule has 3 aliphatic carbocycles. The Labute approximate surface area is 170 Å². The molecule has 0 aromatic heterocycles. The number of Topliss-reactive ketones (excluding diaryl/α,β-unsaturated/α-hetero) is 1. The highest BCUT2D eigenvalue weighted by Crippen LogP contribution is 2.68. The summed E-state index contributed by atoms with van der Waals surface area (Å²) in [5.74, 6) is -2.93. The summed E-state index contributed by atoms with van der Waals surface area (Å²) in [5, 5.41) is 21.7. The predicted octanol–water partition coefficient (Wildman–Crippen LogP) is 1.40. The lowest BCUT2D eigenvalue weighted by molar-refractivity contribution is -0.270. The van der Waals surface area contributed by atoms with Gasteiger partial charge in [0.1, 0.15) is 18.1 Å². The summed E-state index contributed by atoms with van der Waals surface area (Å²) in [6.07, 6.45) is 0.232. The summed E-state index contributed by atoms with van der Waals surface area (Å²) < 4.78 is 11.4. The number of fused-ring (bicyclic) bond motifs is 3. The second kappa shape index (κ2) is 6.38. The average Bonchev–Trinajstić information content (AvgIpc) is 2.83. The number of aliphatic hydroxyl groups excluding tert-OH is 2. The fourth-order valence-electron chi connectivity index (χ4n) is 7.09.